The van der Waals surface area contributed by atoms with Crippen LogP contribution < -0.4 is 5.73 Å². The van der Waals surface area contributed by atoms with E-state index in [9.17, 15) is 4.79 Å². The van der Waals surface area contributed by atoms with Crippen LogP contribution in [0.3, 0.4) is 0 Å². The summed E-state index contributed by atoms with van der Waals surface area (Å²) >= 11 is 0. The van der Waals surface area contributed by atoms with Gasteiger partial charge in [-0.3, -0.25) is 9.78 Å². The van der Waals surface area contributed by atoms with Crippen LogP contribution in [0.5, 0.6) is 0 Å². The van der Waals surface area contributed by atoms with Crippen LogP contribution in [-0.2, 0) is 11.3 Å². The maximum absolute atomic E-state index is 11.4. The van der Waals surface area contributed by atoms with E-state index in [-0.39, 0.29) is 18.3 Å². The van der Waals surface area contributed by atoms with Crippen molar-refractivity contribution in [2.24, 2.45) is 5.73 Å². The number of hydrogen-bond donors (Lipinski definition) is 1. The molecule has 0 aromatic carbocycles. The Balaban J connectivity index is 0.00000196. The molecule has 0 radical (unpaired) electrons. The van der Waals surface area contributed by atoms with Gasteiger partial charge in [-0.2, -0.15) is 0 Å². The highest BCUT2D eigenvalue weighted by Crippen LogP contribution is 1.99. The molecule has 1 aromatic rings. The summed E-state index contributed by atoms with van der Waals surface area (Å²) < 4.78 is 0. The molecule has 15 heavy (non-hydrogen) atoms. The van der Waals surface area contributed by atoms with E-state index in [1.165, 1.54) is 0 Å². The number of hydrogen-bond acceptors (Lipinski definition) is 3. The summed E-state index contributed by atoms with van der Waals surface area (Å²) in [7, 11) is 1.72. The van der Waals surface area contributed by atoms with Crippen LogP contribution in [-0.4, -0.2) is 28.9 Å². The number of likely N-dealkylation sites (N-methyl/N-ethyl adjacent to an activating group) is 1. The molecule has 2 N–H and O–H groups in total. The van der Waals surface area contributed by atoms with Gasteiger partial charge in [0.15, 0.2) is 0 Å². The maximum Gasteiger partial charge on any atom is 0.239 e. The van der Waals surface area contributed by atoms with E-state index in [1.54, 1.807) is 25.1 Å². The van der Waals surface area contributed by atoms with E-state index < -0.39 is 6.04 Å². The fraction of sp³-hybridized carbons (Fsp3) is 0.400. The number of amides is 1. The molecule has 4 nitrogen and oxygen atoms in total. The number of aromatic nitrogens is 1. The van der Waals surface area contributed by atoms with E-state index in [2.05, 4.69) is 4.98 Å². The molecule has 0 saturated heterocycles. The van der Waals surface area contributed by atoms with Crippen LogP contribution in [0.2, 0.25) is 0 Å². The SMILES string of the molecule is C[C@H](N)C(=O)N(C)Cc1ccccn1.Cl. The minimum Gasteiger partial charge on any atom is -0.339 e. The van der Waals surface area contributed by atoms with Crippen molar-refractivity contribution in [3.63, 3.8) is 0 Å². The number of carbonyl (C=O) groups is 1. The topological polar surface area (TPSA) is 59.2 Å². The molecule has 0 spiro atoms. The van der Waals surface area contributed by atoms with Crippen molar-refractivity contribution < 1.29 is 4.79 Å². The summed E-state index contributed by atoms with van der Waals surface area (Å²) in [5.41, 5.74) is 6.34. The lowest BCUT2D eigenvalue weighted by atomic mass is 10.3. The highest BCUT2D eigenvalue weighted by Gasteiger charge is 2.13. The third-order valence-electron chi connectivity index (χ3n) is 1.89. The monoisotopic (exact) mass is 229 g/mol. The van der Waals surface area contributed by atoms with Gasteiger partial charge in [0.05, 0.1) is 18.3 Å². The van der Waals surface area contributed by atoms with Crippen molar-refractivity contribution in [3.05, 3.63) is 30.1 Å². The molecule has 1 heterocycles. The molecule has 1 aromatic heterocycles. The number of rotatable bonds is 3. The standard InChI is InChI=1S/C10H15N3O.ClH/c1-8(11)10(14)13(2)7-9-5-3-4-6-12-9;/h3-6,8H,7,11H2,1-2H3;1H/t8-;/m0./s1. The van der Waals surface area contributed by atoms with E-state index in [1.807, 2.05) is 18.2 Å². The summed E-state index contributed by atoms with van der Waals surface area (Å²) in [6, 6.07) is 5.16. The van der Waals surface area contributed by atoms with Gasteiger partial charge >= 0.3 is 0 Å². The lowest BCUT2D eigenvalue weighted by Crippen LogP contribution is -2.39. The zero-order valence-electron chi connectivity index (χ0n) is 8.88. The minimum absolute atomic E-state index is 0. The smallest absolute Gasteiger partial charge is 0.239 e. The van der Waals surface area contributed by atoms with E-state index in [0.717, 1.165) is 5.69 Å². The van der Waals surface area contributed by atoms with Gasteiger partial charge in [0.1, 0.15) is 0 Å². The van der Waals surface area contributed by atoms with Crippen LogP contribution in [0.15, 0.2) is 24.4 Å². The zero-order valence-corrected chi connectivity index (χ0v) is 9.70. The molecule has 0 aliphatic carbocycles. The number of halogens is 1. The molecule has 0 aliphatic rings. The Morgan fingerprint density at radius 3 is 2.73 bits per heavy atom. The van der Waals surface area contributed by atoms with Crippen LogP contribution in [0.4, 0.5) is 0 Å². The van der Waals surface area contributed by atoms with Crippen LogP contribution >= 0.6 is 12.4 Å². The van der Waals surface area contributed by atoms with E-state index >= 15 is 0 Å². The maximum atomic E-state index is 11.4. The van der Waals surface area contributed by atoms with Gasteiger partial charge in [-0.1, -0.05) is 6.07 Å². The van der Waals surface area contributed by atoms with Crippen molar-refractivity contribution >= 4 is 18.3 Å². The Hall–Kier alpha value is -1.13. The van der Waals surface area contributed by atoms with Gasteiger partial charge in [0.25, 0.3) is 0 Å². The highest BCUT2D eigenvalue weighted by molar-refractivity contribution is 5.85. The van der Waals surface area contributed by atoms with Gasteiger partial charge in [0.2, 0.25) is 5.91 Å². The second-order valence-electron chi connectivity index (χ2n) is 3.30. The normalized spacial score (nSPS) is 11.4. The van der Waals surface area contributed by atoms with Crippen LogP contribution in [0.1, 0.15) is 12.6 Å². The Bertz CT molecular complexity index is 303. The fourth-order valence-corrected chi connectivity index (χ4v) is 1.16. The molecular formula is C10H16ClN3O. The number of nitrogens with two attached hydrogens (primary N) is 1. The molecule has 1 amide bonds. The molecule has 84 valence electrons. The summed E-state index contributed by atoms with van der Waals surface area (Å²) in [6.45, 7) is 2.18. The lowest BCUT2D eigenvalue weighted by Gasteiger charge is -2.18. The second-order valence-corrected chi connectivity index (χ2v) is 3.30. The van der Waals surface area contributed by atoms with Gasteiger partial charge in [-0.25, -0.2) is 0 Å². The first-order valence-corrected chi connectivity index (χ1v) is 4.51. The molecule has 0 fully saturated rings. The highest BCUT2D eigenvalue weighted by atomic mass is 35.5. The van der Waals surface area contributed by atoms with E-state index in [4.69, 9.17) is 5.73 Å². The number of nitrogens with zero attached hydrogens (tertiary/aromatic N) is 2. The molecule has 0 saturated carbocycles. The van der Waals surface area contributed by atoms with Crippen molar-refractivity contribution in [2.75, 3.05) is 7.05 Å². The zero-order chi connectivity index (χ0) is 10.6. The Kier molecular flexibility index (Phi) is 5.89. The van der Waals surface area contributed by atoms with Crippen LogP contribution in [0, 0.1) is 0 Å². The second kappa shape index (κ2) is 6.37. The summed E-state index contributed by atoms with van der Waals surface area (Å²) in [5.74, 6) is -0.0735. The van der Waals surface area contributed by atoms with Gasteiger partial charge in [-0.15, -0.1) is 12.4 Å². The molecule has 0 bridgehead atoms. The quantitative estimate of drug-likeness (QED) is 0.835. The third kappa shape index (κ3) is 4.27. The van der Waals surface area contributed by atoms with Crippen molar-refractivity contribution in [1.82, 2.24) is 9.88 Å². The summed E-state index contributed by atoms with van der Waals surface area (Å²) in [5, 5.41) is 0. The predicted octanol–water partition coefficient (Wildman–Crippen LogP) is 0.809. The first kappa shape index (κ1) is 13.9. The number of carbonyl (C=O) groups excluding carboxylic acids is 1. The van der Waals surface area contributed by atoms with E-state index in [0.29, 0.717) is 6.54 Å². The third-order valence-corrected chi connectivity index (χ3v) is 1.89. The average molecular weight is 230 g/mol. The van der Waals surface area contributed by atoms with Crippen molar-refractivity contribution in [1.29, 1.82) is 0 Å². The number of pyridine rings is 1. The Morgan fingerprint density at radius 1 is 1.60 bits per heavy atom. The fourth-order valence-electron chi connectivity index (χ4n) is 1.16. The summed E-state index contributed by atoms with van der Waals surface area (Å²) in [4.78, 5) is 17.1. The van der Waals surface area contributed by atoms with Crippen molar-refractivity contribution in [3.8, 4) is 0 Å². The molecule has 0 aliphatic heterocycles. The first-order chi connectivity index (χ1) is 6.61. The Labute approximate surface area is 95.9 Å². The molecular weight excluding hydrogens is 214 g/mol. The summed E-state index contributed by atoms with van der Waals surface area (Å²) in [6.07, 6.45) is 1.71. The van der Waals surface area contributed by atoms with Gasteiger partial charge in [0, 0.05) is 13.2 Å². The lowest BCUT2D eigenvalue weighted by molar-refractivity contribution is -0.131. The first-order valence-electron chi connectivity index (χ1n) is 4.51. The molecule has 1 rings (SSSR count). The van der Waals surface area contributed by atoms with Crippen molar-refractivity contribution in [2.45, 2.75) is 19.5 Å². The van der Waals surface area contributed by atoms with Crippen LogP contribution in [0.25, 0.3) is 0 Å². The predicted molar refractivity (Wildman–Crippen MR) is 61.6 cm³/mol. The molecule has 5 heteroatoms. The molecule has 0 unspecified atom stereocenters. The largest absolute Gasteiger partial charge is 0.339 e. The average Bonchev–Trinajstić information content (AvgIpc) is 2.18. The Morgan fingerprint density at radius 2 is 2.27 bits per heavy atom. The van der Waals surface area contributed by atoms with Gasteiger partial charge in [-0.05, 0) is 19.1 Å². The minimum atomic E-state index is -0.455. The van der Waals surface area contributed by atoms with Gasteiger partial charge < -0.3 is 10.6 Å². The molecule has 1 atom stereocenters.